The topological polar surface area (TPSA) is 32.7 Å². The van der Waals surface area contributed by atoms with Crippen molar-refractivity contribution in [3.63, 3.8) is 0 Å². The van der Waals surface area contributed by atoms with Crippen LogP contribution in [0, 0.1) is 17.3 Å². The van der Waals surface area contributed by atoms with Crippen LogP contribution in [0.15, 0.2) is 11.6 Å². The largest absolute Gasteiger partial charge is 0.389 e. The summed E-state index contributed by atoms with van der Waals surface area (Å²) < 4.78 is 5.78. The van der Waals surface area contributed by atoms with Crippen LogP contribution in [0.3, 0.4) is 0 Å². The lowest BCUT2D eigenvalue weighted by atomic mass is 9.49. The summed E-state index contributed by atoms with van der Waals surface area (Å²) >= 11 is 0. The Morgan fingerprint density at radius 3 is 2.86 bits per heavy atom. The zero-order valence-corrected chi connectivity index (χ0v) is 14.3. The fraction of sp³-hybridized carbons (Fsp3) is 0.889. The molecule has 0 aromatic rings. The molecule has 3 unspecified atom stereocenters. The van der Waals surface area contributed by atoms with Gasteiger partial charge in [0.25, 0.3) is 0 Å². The van der Waals surface area contributed by atoms with Gasteiger partial charge in [-0.1, -0.05) is 33.3 Å². The molecular weight excluding hydrogens is 262 g/mol. The van der Waals surface area contributed by atoms with E-state index in [0.717, 1.165) is 12.5 Å². The molecular formula is C18H33NO2. The molecule has 0 aliphatic heterocycles. The summed E-state index contributed by atoms with van der Waals surface area (Å²) in [5, 5.41) is 10.0. The smallest absolute Gasteiger partial charge is 0.0900 e. The SMILES string of the molecule is CCCCN(C)CC(O)COCC1=CCC2CC1C2(C)C. The second-order valence-electron chi connectivity index (χ2n) is 7.61. The van der Waals surface area contributed by atoms with Crippen molar-refractivity contribution in [2.45, 2.75) is 52.6 Å². The minimum Gasteiger partial charge on any atom is -0.389 e. The average Bonchev–Trinajstić information content (AvgIpc) is 2.45. The number of aliphatic hydroxyl groups is 1. The van der Waals surface area contributed by atoms with E-state index in [0.29, 0.717) is 31.1 Å². The molecule has 122 valence electrons. The lowest BCUT2D eigenvalue weighted by Gasteiger charge is -2.56. The van der Waals surface area contributed by atoms with Gasteiger partial charge < -0.3 is 14.7 Å². The predicted molar refractivity (Wildman–Crippen MR) is 87.3 cm³/mol. The quantitative estimate of drug-likeness (QED) is 0.664. The van der Waals surface area contributed by atoms with Gasteiger partial charge in [0.2, 0.25) is 0 Å². The second-order valence-corrected chi connectivity index (χ2v) is 7.61. The first kappa shape index (κ1) is 17.0. The molecule has 0 heterocycles. The molecule has 1 N–H and O–H groups in total. The Bertz CT molecular complexity index is 364. The van der Waals surface area contributed by atoms with E-state index in [2.05, 4.69) is 38.8 Å². The fourth-order valence-corrected chi connectivity index (χ4v) is 3.89. The molecule has 3 aliphatic carbocycles. The van der Waals surface area contributed by atoms with Crippen molar-refractivity contribution in [1.82, 2.24) is 4.90 Å². The van der Waals surface area contributed by atoms with Crippen LogP contribution in [0.2, 0.25) is 0 Å². The lowest BCUT2D eigenvalue weighted by molar-refractivity contribution is -0.0256. The van der Waals surface area contributed by atoms with E-state index in [-0.39, 0.29) is 6.10 Å². The molecule has 0 spiro atoms. The normalized spacial score (nSPS) is 28.2. The van der Waals surface area contributed by atoms with E-state index >= 15 is 0 Å². The second kappa shape index (κ2) is 7.26. The van der Waals surface area contributed by atoms with Gasteiger partial charge in [0.1, 0.15) is 0 Å². The van der Waals surface area contributed by atoms with E-state index in [1.54, 1.807) is 0 Å². The number of hydrogen-bond donors (Lipinski definition) is 1. The maximum atomic E-state index is 10.0. The Hall–Kier alpha value is -0.380. The summed E-state index contributed by atoms with van der Waals surface area (Å²) in [4.78, 5) is 2.19. The van der Waals surface area contributed by atoms with Crippen LogP contribution in [-0.2, 0) is 4.74 Å². The van der Waals surface area contributed by atoms with Crippen LogP contribution in [-0.4, -0.2) is 49.5 Å². The van der Waals surface area contributed by atoms with E-state index in [9.17, 15) is 5.11 Å². The molecule has 1 fully saturated rings. The highest BCUT2D eigenvalue weighted by Gasteiger charge is 2.50. The van der Waals surface area contributed by atoms with E-state index in [4.69, 9.17) is 4.74 Å². The standard InChI is InChI=1S/C18H33NO2/c1-5-6-9-19(4)11-16(20)13-21-12-14-7-8-15-10-17(14)18(15,2)3/h7,15-17,20H,5-6,8-13H2,1-4H3. The van der Waals surface area contributed by atoms with E-state index in [1.807, 2.05) is 0 Å². The van der Waals surface area contributed by atoms with Crippen LogP contribution in [0.5, 0.6) is 0 Å². The van der Waals surface area contributed by atoms with Crippen molar-refractivity contribution in [3.8, 4) is 0 Å². The van der Waals surface area contributed by atoms with Crippen molar-refractivity contribution in [2.24, 2.45) is 17.3 Å². The molecule has 2 bridgehead atoms. The number of aliphatic hydroxyl groups excluding tert-OH is 1. The van der Waals surface area contributed by atoms with Gasteiger partial charge in [0, 0.05) is 6.54 Å². The molecule has 3 atom stereocenters. The number of likely N-dealkylation sites (N-methyl/N-ethyl adjacent to an activating group) is 1. The predicted octanol–water partition coefficient (Wildman–Crippen LogP) is 3.09. The monoisotopic (exact) mass is 295 g/mol. The number of ether oxygens (including phenoxy) is 1. The minimum atomic E-state index is -0.377. The van der Waals surface area contributed by atoms with E-state index < -0.39 is 0 Å². The van der Waals surface area contributed by atoms with Crippen LogP contribution in [0.4, 0.5) is 0 Å². The molecule has 21 heavy (non-hydrogen) atoms. The third kappa shape index (κ3) is 4.08. The summed E-state index contributed by atoms with van der Waals surface area (Å²) in [5.41, 5.74) is 1.93. The molecule has 0 aromatic heterocycles. The number of allylic oxidation sites excluding steroid dienone is 1. The van der Waals surface area contributed by atoms with Gasteiger partial charge >= 0.3 is 0 Å². The highest BCUT2D eigenvalue weighted by atomic mass is 16.5. The molecule has 0 amide bonds. The Balaban J connectivity index is 1.64. The molecule has 3 heteroatoms. The van der Waals surface area contributed by atoms with Crippen molar-refractivity contribution in [1.29, 1.82) is 0 Å². The molecule has 0 saturated heterocycles. The summed E-state index contributed by atoms with van der Waals surface area (Å²) in [7, 11) is 2.07. The molecule has 3 aliphatic rings. The summed E-state index contributed by atoms with van der Waals surface area (Å²) in [6, 6.07) is 0. The van der Waals surface area contributed by atoms with Gasteiger partial charge in [-0.05, 0) is 55.7 Å². The summed E-state index contributed by atoms with van der Waals surface area (Å²) in [6.45, 7) is 9.87. The Morgan fingerprint density at radius 2 is 2.24 bits per heavy atom. The van der Waals surface area contributed by atoms with Crippen LogP contribution >= 0.6 is 0 Å². The van der Waals surface area contributed by atoms with Gasteiger partial charge in [-0.3, -0.25) is 0 Å². The zero-order chi connectivity index (χ0) is 15.5. The Labute approximate surface area is 130 Å². The highest BCUT2D eigenvalue weighted by Crippen LogP contribution is 2.59. The maximum absolute atomic E-state index is 10.0. The van der Waals surface area contributed by atoms with Gasteiger partial charge in [-0.25, -0.2) is 0 Å². The van der Waals surface area contributed by atoms with Gasteiger partial charge in [-0.2, -0.15) is 0 Å². The summed E-state index contributed by atoms with van der Waals surface area (Å²) in [5.74, 6) is 1.59. The van der Waals surface area contributed by atoms with E-state index in [1.165, 1.54) is 31.3 Å². The van der Waals surface area contributed by atoms with Gasteiger partial charge in [0.05, 0.1) is 19.3 Å². The number of fused-ring (bicyclic) bond motifs is 1. The lowest BCUT2D eigenvalue weighted by Crippen LogP contribution is -2.48. The first-order valence-corrected chi connectivity index (χ1v) is 8.58. The first-order valence-electron chi connectivity index (χ1n) is 8.58. The zero-order valence-electron chi connectivity index (χ0n) is 14.3. The van der Waals surface area contributed by atoms with Crippen molar-refractivity contribution in [3.05, 3.63) is 11.6 Å². The van der Waals surface area contributed by atoms with Crippen molar-refractivity contribution in [2.75, 3.05) is 33.4 Å². The third-order valence-electron chi connectivity index (χ3n) is 5.58. The minimum absolute atomic E-state index is 0.377. The average molecular weight is 295 g/mol. The highest BCUT2D eigenvalue weighted by molar-refractivity contribution is 5.23. The fourth-order valence-electron chi connectivity index (χ4n) is 3.89. The van der Waals surface area contributed by atoms with Crippen molar-refractivity contribution < 1.29 is 9.84 Å². The number of rotatable bonds is 9. The molecule has 0 radical (unpaired) electrons. The van der Waals surface area contributed by atoms with Gasteiger partial charge in [-0.15, -0.1) is 0 Å². The third-order valence-corrected chi connectivity index (χ3v) is 5.58. The number of hydrogen-bond acceptors (Lipinski definition) is 3. The van der Waals surface area contributed by atoms with Crippen molar-refractivity contribution >= 4 is 0 Å². The molecule has 3 rings (SSSR count). The van der Waals surface area contributed by atoms with Crippen LogP contribution in [0.1, 0.15) is 46.5 Å². The van der Waals surface area contributed by atoms with Crippen LogP contribution < -0.4 is 0 Å². The Morgan fingerprint density at radius 1 is 1.48 bits per heavy atom. The van der Waals surface area contributed by atoms with Crippen LogP contribution in [0.25, 0.3) is 0 Å². The Kier molecular flexibility index (Phi) is 5.87. The summed E-state index contributed by atoms with van der Waals surface area (Å²) in [6.07, 6.45) is 6.94. The molecule has 3 nitrogen and oxygen atoms in total. The maximum Gasteiger partial charge on any atom is 0.0900 e. The first-order chi connectivity index (χ1) is 9.95. The number of nitrogens with zero attached hydrogens (tertiary/aromatic N) is 1. The van der Waals surface area contributed by atoms with Gasteiger partial charge in [0.15, 0.2) is 0 Å². The molecule has 0 aromatic carbocycles. The molecule has 1 saturated carbocycles. The number of unbranched alkanes of at least 4 members (excludes halogenated alkanes) is 1.